The van der Waals surface area contributed by atoms with Crippen LogP contribution in [0, 0.1) is 18.6 Å². The van der Waals surface area contributed by atoms with Gasteiger partial charge in [0, 0.05) is 54.4 Å². The average molecular weight is 509 g/mol. The van der Waals surface area contributed by atoms with E-state index in [2.05, 4.69) is 33.5 Å². The molecule has 2 aliphatic rings. The maximum atomic E-state index is 13.2. The molecule has 1 N–H and O–H groups in total. The highest BCUT2D eigenvalue weighted by molar-refractivity contribution is 5.73. The number of aromatic nitrogens is 4. The number of allylic oxidation sites excluding steroid dienone is 2. The van der Waals surface area contributed by atoms with E-state index in [-0.39, 0.29) is 17.1 Å². The van der Waals surface area contributed by atoms with Gasteiger partial charge in [-0.15, -0.1) is 0 Å². The average Bonchev–Trinajstić information content (AvgIpc) is 3.52. The van der Waals surface area contributed by atoms with Gasteiger partial charge >= 0.3 is 0 Å². The van der Waals surface area contributed by atoms with E-state index in [1.165, 1.54) is 27.2 Å². The van der Waals surface area contributed by atoms with Crippen molar-refractivity contribution in [2.45, 2.75) is 25.8 Å². The van der Waals surface area contributed by atoms with Crippen LogP contribution in [0.2, 0.25) is 0 Å². The van der Waals surface area contributed by atoms with Gasteiger partial charge in [-0.25, -0.2) is 13.8 Å². The van der Waals surface area contributed by atoms with Gasteiger partial charge in [-0.05, 0) is 31.9 Å². The highest BCUT2D eigenvalue weighted by Crippen LogP contribution is 2.31. The SMILES string of the molecule is C=C1CCC(CN2C(=C)C=Cc3ncc(-c4cnn(C)c4)nc32)N1.COc1cc(OC)c(F)c(C)c1F. The molecule has 5 rings (SSSR count). The second-order valence-electron chi connectivity index (χ2n) is 8.82. The Bertz CT molecular complexity index is 1340. The van der Waals surface area contributed by atoms with Gasteiger partial charge < -0.3 is 19.7 Å². The maximum Gasteiger partial charge on any atom is 0.171 e. The molecule has 1 aromatic carbocycles. The van der Waals surface area contributed by atoms with E-state index in [9.17, 15) is 8.78 Å². The number of hydrogen-bond donors (Lipinski definition) is 1. The van der Waals surface area contributed by atoms with Crippen molar-refractivity contribution in [3.05, 3.63) is 78.2 Å². The van der Waals surface area contributed by atoms with E-state index in [0.29, 0.717) is 6.04 Å². The zero-order chi connectivity index (χ0) is 26.7. The molecule has 0 saturated carbocycles. The molecule has 1 saturated heterocycles. The number of ether oxygens (including phenoxy) is 2. The lowest BCUT2D eigenvalue weighted by molar-refractivity contribution is 0.355. The Morgan fingerprint density at radius 2 is 1.81 bits per heavy atom. The molecule has 0 bridgehead atoms. The molecule has 0 radical (unpaired) electrons. The van der Waals surface area contributed by atoms with E-state index in [1.807, 2.05) is 25.4 Å². The normalized spacial score (nSPS) is 16.2. The molecule has 0 spiro atoms. The topological polar surface area (TPSA) is 77.3 Å². The quantitative estimate of drug-likeness (QED) is 0.532. The molecule has 1 atom stereocenters. The molecule has 37 heavy (non-hydrogen) atoms. The monoisotopic (exact) mass is 508 g/mol. The molecule has 1 fully saturated rings. The lowest BCUT2D eigenvalue weighted by Gasteiger charge is -2.30. The molecule has 4 heterocycles. The fraction of sp³-hybridized carbons (Fsp3) is 0.296. The van der Waals surface area contributed by atoms with Gasteiger partial charge in [0.2, 0.25) is 0 Å². The van der Waals surface area contributed by atoms with Crippen molar-refractivity contribution in [1.29, 1.82) is 0 Å². The zero-order valence-corrected chi connectivity index (χ0v) is 21.4. The Labute approximate surface area is 214 Å². The Hall–Kier alpha value is -4.21. The summed E-state index contributed by atoms with van der Waals surface area (Å²) in [5.74, 6) is -0.573. The molecule has 2 aliphatic heterocycles. The van der Waals surface area contributed by atoms with E-state index >= 15 is 0 Å². The largest absolute Gasteiger partial charge is 0.494 e. The summed E-state index contributed by atoms with van der Waals surface area (Å²) in [5, 5.41) is 7.65. The molecule has 10 heteroatoms. The summed E-state index contributed by atoms with van der Waals surface area (Å²) in [6.07, 6.45) is 11.6. The van der Waals surface area contributed by atoms with Crippen LogP contribution in [0.25, 0.3) is 17.3 Å². The number of methoxy groups -OCH3 is 2. The Kier molecular flexibility index (Phi) is 7.56. The van der Waals surface area contributed by atoms with E-state index < -0.39 is 11.6 Å². The number of benzene rings is 1. The van der Waals surface area contributed by atoms with Gasteiger partial charge in [-0.2, -0.15) is 5.10 Å². The van der Waals surface area contributed by atoms with Gasteiger partial charge in [-0.1, -0.05) is 13.2 Å². The maximum absolute atomic E-state index is 13.2. The highest BCUT2D eigenvalue weighted by Gasteiger charge is 2.26. The first kappa shape index (κ1) is 25.9. The van der Waals surface area contributed by atoms with Crippen molar-refractivity contribution in [3.63, 3.8) is 0 Å². The molecule has 8 nitrogen and oxygen atoms in total. The standard InChI is InChI=1S/C18H20N6.C9H10F2O2/c1-12-4-6-15(21-12)11-24-13(2)5-7-16-18(24)22-17(9-19-16)14-8-20-23(3)10-14;1-5-8(10)6(12-2)4-7(13-3)9(5)11/h5,7-10,15,21H,1-2,4,6,11H2,3H3;4H,1-3H3. The number of hydrogen-bond acceptors (Lipinski definition) is 7. The lowest BCUT2D eigenvalue weighted by atomic mass is 10.1. The minimum Gasteiger partial charge on any atom is -0.494 e. The number of anilines is 1. The number of halogens is 2. The van der Waals surface area contributed by atoms with E-state index in [1.54, 1.807) is 17.1 Å². The molecular weight excluding hydrogens is 478 g/mol. The van der Waals surface area contributed by atoms with Gasteiger partial charge in [0.25, 0.3) is 0 Å². The minimum atomic E-state index is -0.694. The third-order valence-corrected chi connectivity index (χ3v) is 6.22. The number of nitrogens with one attached hydrogen (secondary N) is 1. The van der Waals surface area contributed by atoms with Crippen LogP contribution in [0.1, 0.15) is 24.1 Å². The van der Waals surface area contributed by atoms with Crippen LogP contribution in [0.5, 0.6) is 11.5 Å². The minimum absolute atomic E-state index is 0.0178. The van der Waals surface area contributed by atoms with Gasteiger partial charge in [0.05, 0.1) is 32.3 Å². The summed E-state index contributed by atoms with van der Waals surface area (Å²) in [5.41, 5.74) is 4.58. The van der Waals surface area contributed by atoms with Crippen LogP contribution < -0.4 is 19.7 Å². The summed E-state index contributed by atoms with van der Waals surface area (Å²) in [7, 11) is 4.52. The number of fused-ring (bicyclic) bond motifs is 1. The molecular formula is C27H30F2N6O2. The third-order valence-electron chi connectivity index (χ3n) is 6.22. The molecule has 3 aromatic rings. The van der Waals surface area contributed by atoms with Crippen LogP contribution in [-0.2, 0) is 7.05 Å². The second-order valence-corrected chi connectivity index (χ2v) is 8.82. The predicted molar refractivity (Wildman–Crippen MR) is 139 cm³/mol. The Morgan fingerprint density at radius 1 is 1.11 bits per heavy atom. The lowest BCUT2D eigenvalue weighted by Crippen LogP contribution is -2.37. The van der Waals surface area contributed by atoms with Gasteiger partial charge in [0.15, 0.2) is 29.0 Å². The van der Waals surface area contributed by atoms with Crippen molar-refractivity contribution in [2.75, 3.05) is 25.7 Å². The zero-order valence-electron chi connectivity index (χ0n) is 21.4. The van der Waals surface area contributed by atoms with Gasteiger partial charge in [0.1, 0.15) is 5.69 Å². The van der Waals surface area contributed by atoms with Crippen LogP contribution >= 0.6 is 0 Å². The number of aryl methyl sites for hydroxylation is 1. The fourth-order valence-corrected chi connectivity index (χ4v) is 4.15. The van der Waals surface area contributed by atoms with Crippen LogP contribution in [0.3, 0.4) is 0 Å². The van der Waals surface area contributed by atoms with Gasteiger partial charge in [-0.3, -0.25) is 9.67 Å². The summed E-state index contributed by atoms with van der Waals surface area (Å²) >= 11 is 0. The van der Waals surface area contributed by atoms with Crippen molar-refractivity contribution < 1.29 is 18.3 Å². The fourth-order valence-electron chi connectivity index (χ4n) is 4.15. The first-order valence-electron chi connectivity index (χ1n) is 11.7. The van der Waals surface area contributed by atoms with Crippen molar-refractivity contribution in [3.8, 4) is 22.8 Å². The summed E-state index contributed by atoms with van der Waals surface area (Å²) < 4.78 is 37.5. The second kappa shape index (κ2) is 10.8. The first-order chi connectivity index (χ1) is 17.7. The molecule has 0 amide bonds. The molecule has 2 aromatic heterocycles. The van der Waals surface area contributed by atoms with E-state index in [0.717, 1.165) is 53.5 Å². The van der Waals surface area contributed by atoms with Crippen molar-refractivity contribution >= 4 is 11.9 Å². The number of rotatable bonds is 5. The predicted octanol–water partition coefficient (Wildman–Crippen LogP) is 4.78. The van der Waals surface area contributed by atoms with Crippen molar-refractivity contribution in [2.24, 2.45) is 7.05 Å². The molecule has 0 aliphatic carbocycles. The summed E-state index contributed by atoms with van der Waals surface area (Å²) in [4.78, 5) is 11.5. The van der Waals surface area contributed by atoms with E-state index in [4.69, 9.17) is 14.5 Å². The van der Waals surface area contributed by atoms with Crippen LogP contribution in [0.4, 0.5) is 14.6 Å². The third kappa shape index (κ3) is 5.47. The Balaban J connectivity index is 0.000000209. The Morgan fingerprint density at radius 3 is 2.38 bits per heavy atom. The van der Waals surface area contributed by atoms with Crippen molar-refractivity contribution in [1.82, 2.24) is 25.1 Å². The summed E-state index contributed by atoms with van der Waals surface area (Å²) in [6.45, 7) is 10.3. The van der Waals surface area contributed by atoms with Crippen LogP contribution in [0.15, 0.2) is 55.3 Å². The highest BCUT2D eigenvalue weighted by atomic mass is 19.1. The first-order valence-corrected chi connectivity index (χ1v) is 11.7. The smallest absolute Gasteiger partial charge is 0.171 e. The van der Waals surface area contributed by atoms with Crippen LogP contribution in [-0.4, -0.2) is 46.6 Å². The summed E-state index contributed by atoms with van der Waals surface area (Å²) in [6, 6.07) is 1.54. The number of nitrogens with zero attached hydrogens (tertiary/aromatic N) is 5. The molecule has 1 unspecified atom stereocenters. The molecule has 194 valence electrons.